The lowest BCUT2D eigenvalue weighted by Crippen LogP contribution is -2.10. The number of nitrogens with one attached hydrogen (secondary N) is 1. The third-order valence-electron chi connectivity index (χ3n) is 3.42. The highest BCUT2D eigenvalue weighted by Crippen LogP contribution is 2.27. The van der Waals surface area contributed by atoms with Gasteiger partial charge in [0.05, 0.1) is 0 Å². The van der Waals surface area contributed by atoms with E-state index in [1.165, 1.54) is 42.5 Å². The van der Waals surface area contributed by atoms with Crippen LogP contribution in [0.4, 0.5) is 5.69 Å². The first-order valence-electron chi connectivity index (χ1n) is 6.32. The molecule has 0 bridgehead atoms. The van der Waals surface area contributed by atoms with Gasteiger partial charge < -0.3 is 5.32 Å². The van der Waals surface area contributed by atoms with E-state index in [4.69, 9.17) is 0 Å². The molecule has 0 saturated carbocycles. The van der Waals surface area contributed by atoms with Crippen LogP contribution in [0.3, 0.4) is 0 Å². The maximum absolute atomic E-state index is 4.04. The van der Waals surface area contributed by atoms with E-state index in [0.717, 1.165) is 13.0 Å². The lowest BCUT2D eigenvalue weighted by atomic mass is 9.90. The average Bonchev–Trinajstić information content (AvgIpc) is 2.35. The van der Waals surface area contributed by atoms with E-state index >= 15 is 0 Å². The molecular weight excluding hydrogens is 194 g/mol. The Morgan fingerprint density at radius 1 is 1.31 bits per heavy atom. The maximum Gasteiger partial charge on any atom is 0.0378 e. The molecule has 0 heterocycles. The Hall–Kier alpha value is -1.24. The monoisotopic (exact) mass is 215 g/mol. The molecule has 0 saturated heterocycles. The summed E-state index contributed by atoms with van der Waals surface area (Å²) in [6.45, 7) is 7.10. The lowest BCUT2D eigenvalue weighted by molar-refractivity contribution is 0.686. The third kappa shape index (κ3) is 2.46. The van der Waals surface area contributed by atoms with E-state index in [1.807, 2.05) is 0 Å². The van der Waals surface area contributed by atoms with Gasteiger partial charge in [-0.3, -0.25) is 0 Å². The molecular formula is C15H21N. The van der Waals surface area contributed by atoms with Crippen molar-refractivity contribution in [2.45, 2.75) is 39.0 Å². The summed E-state index contributed by atoms with van der Waals surface area (Å²) in [7, 11) is 0. The first-order valence-corrected chi connectivity index (χ1v) is 6.32. The highest BCUT2D eigenvalue weighted by atomic mass is 14.9. The van der Waals surface area contributed by atoms with Gasteiger partial charge in [0.1, 0.15) is 0 Å². The molecule has 0 fully saturated rings. The van der Waals surface area contributed by atoms with Crippen molar-refractivity contribution in [1.82, 2.24) is 0 Å². The second-order valence-electron chi connectivity index (χ2n) is 4.61. The minimum atomic E-state index is 0.910. The molecule has 1 aromatic rings. The van der Waals surface area contributed by atoms with Crippen molar-refractivity contribution in [1.29, 1.82) is 0 Å². The van der Waals surface area contributed by atoms with Gasteiger partial charge in [-0.25, -0.2) is 0 Å². The van der Waals surface area contributed by atoms with E-state index in [-0.39, 0.29) is 0 Å². The summed E-state index contributed by atoms with van der Waals surface area (Å²) in [6.07, 6.45) is 6.22. The topological polar surface area (TPSA) is 12.0 Å². The summed E-state index contributed by atoms with van der Waals surface area (Å²) >= 11 is 0. The first-order chi connectivity index (χ1) is 7.81. The van der Waals surface area contributed by atoms with Crippen molar-refractivity contribution in [3.8, 4) is 0 Å². The van der Waals surface area contributed by atoms with Crippen LogP contribution in [0.1, 0.15) is 37.3 Å². The second kappa shape index (κ2) is 5.20. The van der Waals surface area contributed by atoms with Crippen LogP contribution in [0.15, 0.2) is 30.4 Å². The Bertz CT molecular complexity index is 379. The van der Waals surface area contributed by atoms with Crippen LogP contribution in [-0.4, -0.2) is 6.54 Å². The predicted octanol–water partition coefficient (Wildman–Crippen LogP) is 3.94. The molecule has 0 spiro atoms. The van der Waals surface area contributed by atoms with Crippen molar-refractivity contribution in [2.75, 3.05) is 11.9 Å². The van der Waals surface area contributed by atoms with E-state index in [1.54, 1.807) is 5.56 Å². The molecule has 1 aliphatic carbocycles. The summed E-state index contributed by atoms with van der Waals surface area (Å²) in [5, 5.41) is 3.52. The number of benzene rings is 1. The third-order valence-corrected chi connectivity index (χ3v) is 3.42. The van der Waals surface area contributed by atoms with Gasteiger partial charge in [-0.1, -0.05) is 31.2 Å². The van der Waals surface area contributed by atoms with E-state index in [2.05, 4.69) is 37.0 Å². The molecule has 0 aromatic heterocycles. The van der Waals surface area contributed by atoms with Crippen molar-refractivity contribution < 1.29 is 0 Å². The van der Waals surface area contributed by atoms with Crippen LogP contribution < -0.4 is 5.32 Å². The Labute approximate surface area is 98.6 Å². The fourth-order valence-electron chi connectivity index (χ4n) is 2.29. The highest BCUT2D eigenvalue weighted by molar-refractivity contribution is 5.56. The molecule has 0 radical (unpaired) electrons. The molecule has 1 nitrogen and oxygen atoms in total. The van der Waals surface area contributed by atoms with Gasteiger partial charge in [0, 0.05) is 12.2 Å². The van der Waals surface area contributed by atoms with E-state index in [0.29, 0.717) is 0 Å². The van der Waals surface area contributed by atoms with E-state index in [9.17, 15) is 0 Å². The molecule has 1 aromatic carbocycles. The quantitative estimate of drug-likeness (QED) is 0.750. The fraction of sp³-hybridized carbons (Fsp3) is 0.467. The van der Waals surface area contributed by atoms with Gasteiger partial charge in [-0.05, 0) is 49.3 Å². The summed E-state index contributed by atoms with van der Waals surface area (Å²) in [5.41, 5.74) is 5.68. The van der Waals surface area contributed by atoms with Crippen LogP contribution >= 0.6 is 0 Å². The SMILES string of the molecule is C=C(CC)CNc1cccc2c1CCCC2. The summed E-state index contributed by atoms with van der Waals surface area (Å²) in [6, 6.07) is 6.64. The lowest BCUT2D eigenvalue weighted by Gasteiger charge is -2.20. The number of anilines is 1. The van der Waals surface area contributed by atoms with Crippen LogP contribution in [0.25, 0.3) is 0 Å². The molecule has 1 aliphatic rings. The Morgan fingerprint density at radius 3 is 2.94 bits per heavy atom. The number of hydrogen-bond acceptors (Lipinski definition) is 1. The first kappa shape index (κ1) is 11.3. The average molecular weight is 215 g/mol. The van der Waals surface area contributed by atoms with Crippen LogP contribution in [0, 0.1) is 0 Å². The zero-order valence-corrected chi connectivity index (χ0v) is 10.2. The van der Waals surface area contributed by atoms with E-state index < -0.39 is 0 Å². The van der Waals surface area contributed by atoms with Gasteiger partial charge >= 0.3 is 0 Å². The molecule has 0 atom stereocenters. The minimum Gasteiger partial charge on any atom is -0.381 e. The zero-order chi connectivity index (χ0) is 11.4. The molecule has 1 N–H and O–H groups in total. The normalized spacial score (nSPS) is 14.3. The van der Waals surface area contributed by atoms with Crippen molar-refractivity contribution >= 4 is 5.69 Å². The molecule has 0 aliphatic heterocycles. The second-order valence-corrected chi connectivity index (χ2v) is 4.61. The van der Waals surface area contributed by atoms with Gasteiger partial charge in [0.25, 0.3) is 0 Å². The molecule has 0 amide bonds. The molecule has 16 heavy (non-hydrogen) atoms. The van der Waals surface area contributed by atoms with Gasteiger partial charge in [-0.15, -0.1) is 0 Å². The van der Waals surface area contributed by atoms with Crippen LogP contribution in [-0.2, 0) is 12.8 Å². The summed E-state index contributed by atoms with van der Waals surface area (Å²) in [5.74, 6) is 0. The predicted molar refractivity (Wildman–Crippen MR) is 71.0 cm³/mol. The molecule has 0 unspecified atom stereocenters. The van der Waals surface area contributed by atoms with Gasteiger partial charge in [0.15, 0.2) is 0 Å². The van der Waals surface area contributed by atoms with Crippen molar-refractivity contribution in [3.05, 3.63) is 41.5 Å². The standard InChI is InChI=1S/C15H21N/c1-3-12(2)11-16-15-10-6-8-13-7-4-5-9-14(13)15/h6,8,10,16H,2-5,7,9,11H2,1H3. The number of aryl methyl sites for hydroxylation is 1. The molecule has 1 heteroatoms. The zero-order valence-electron chi connectivity index (χ0n) is 10.2. The summed E-state index contributed by atoms with van der Waals surface area (Å²) in [4.78, 5) is 0. The number of hydrogen-bond donors (Lipinski definition) is 1. The van der Waals surface area contributed by atoms with Gasteiger partial charge in [0.2, 0.25) is 0 Å². The van der Waals surface area contributed by atoms with Gasteiger partial charge in [-0.2, -0.15) is 0 Å². The fourth-order valence-corrected chi connectivity index (χ4v) is 2.29. The van der Waals surface area contributed by atoms with Crippen LogP contribution in [0.2, 0.25) is 0 Å². The highest BCUT2D eigenvalue weighted by Gasteiger charge is 2.12. The molecule has 2 rings (SSSR count). The van der Waals surface area contributed by atoms with Crippen LogP contribution in [0.5, 0.6) is 0 Å². The number of fused-ring (bicyclic) bond motifs is 1. The van der Waals surface area contributed by atoms with Crippen molar-refractivity contribution in [3.63, 3.8) is 0 Å². The maximum atomic E-state index is 4.04. The largest absolute Gasteiger partial charge is 0.381 e. The summed E-state index contributed by atoms with van der Waals surface area (Å²) < 4.78 is 0. The molecule has 86 valence electrons. The number of rotatable bonds is 4. The smallest absolute Gasteiger partial charge is 0.0378 e. The van der Waals surface area contributed by atoms with Crippen molar-refractivity contribution in [2.24, 2.45) is 0 Å². The Kier molecular flexibility index (Phi) is 3.66. The minimum absolute atomic E-state index is 0.910. The Morgan fingerprint density at radius 2 is 2.12 bits per heavy atom. The Balaban J connectivity index is 2.11.